The maximum Gasteiger partial charge on any atom is 0.472 e. The first-order chi connectivity index (χ1) is 30.9. The van der Waals surface area contributed by atoms with Crippen LogP contribution >= 0.6 is 7.82 Å². The molecular weight excluding hydrogens is 820 g/mol. The molecule has 3 atom stereocenters. The van der Waals surface area contributed by atoms with Crippen LogP contribution in [0, 0.1) is 0 Å². The van der Waals surface area contributed by atoms with Gasteiger partial charge in [-0.25, -0.2) is 4.57 Å². The van der Waals surface area contributed by atoms with Crippen LogP contribution in [0.2, 0.25) is 0 Å². The summed E-state index contributed by atoms with van der Waals surface area (Å²) >= 11 is 0. The number of amides is 1. The van der Waals surface area contributed by atoms with E-state index < -0.39 is 20.0 Å². The smallest absolute Gasteiger partial charge is 0.456 e. The number of quaternary nitrogens is 1. The van der Waals surface area contributed by atoms with Crippen LogP contribution in [0.5, 0.6) is 0 Å². The lowest BCUT2D eigenvalue weighted by Gasteiger charge is -2.27. The molecule has 2 N–H and O–H groups in total. The first kappa shape index (κ1) is 62.0. The standard InChI is InChI=1S/C54H101N2O7P/c1-7-10-13-16-19-22-25-28-31-34-37-40-43-46-53(57)55-51(50-62-64(59,60)61-49-48-56(4,5)6)52(45-42-39-36-33-30-27-24-21-18-15-12-9-3)63-54(58)47-44-41-38-35-32-29-26-23-20-17-14-11-8-2/h10,13,16,19,22,25,42,45,51-52H,7-9,11-12,14-15,17-18,20-21,23-24,26-41,43-44,46-50H2,1-6H3,(H-,55,57,59,60)/p+1/b13-10+,19-16+,25-22-,45-42+. The maximum absolute atomic E-state index is 13.4. The molecule has 9 nitrogen and oxygen atoms in total. The van der Waals surface area contributed by atoms with E-state index in [0.29, 0.717) is 17.4 Å². The van der Waals surface area contributed by atoms with Crippen molar-refractivity contribution in [3.8, 4) is 0 Å². The second-order valence-corrected chi connectivity index (χ2v) is 20.5. The summed E-state index contributed by atoms with van der Waals surface area (Å²) in [6, 6.07) is -0.854. The fourth-order valence-corrected chi connectivity index (χ4v) is 8.20. The van der Waals surface area contributed by atoms with Crippen LogP contribution in [0.15, 0.2) is 48.6 Å². The lowest BCUT2D eigenvalue weighted by atomic mass is 10.0. The van der Waals surface area contributed by atoms with Gasteiger partial charge in [0, 0.05) is 12.8 Å². The number of unbranched alkanes of at least 4 members (excludes halogenated alkanes) is 27. The van der Waals surface area contributed by atoms with Crippen molar-refractivity contribution >= 4 is 19.7 Å². The number of esters is 1. The number of likely N-dealkylation sites (N-methyl/N-ethyl adjacent to an activating group) is 1. The van der Waals surface area contributed by atoms with Crippen molar-refractivity contribution in [1.82, 2.24) is 5.32 Å². The molecule has 0 rings (SSSR count). The molecule has 0 fully saturated rings. The molecule has 0 radical (unpaired) electrons. The number of nitrogens with one attached hydrogen (secondary N) is 1. The summed E-state index contributed by atoms with van der Waals surface area (Å²) in [4.78, 5) is 37.4. The van der Waals surface area contributed by atoms with E-state index in [0.717, 1.165) is 83.5 Å². The molecule has 0 saturated carbocycles. The summed E-state index contributed by atoms with van der Waals surface area (Å²) in [7, 11) is 1.48. The summed E-state index contributed by atoms with van der Waals surface area (Å²) in [5, 5.41) is 3.03. The molecule has 0 aliphatic carbocycles. The van der Waals surface area contributed by atoms with Gasteiger partial charge in [0.2, 0.25) is 5.91 Å². The quantitative estimate of drug-likeness (QED) is 0.0156. The Morgan fingerprint density at radius 2 is 1.00 bits per heavy atom. The first-order valence-corrected chi connectivity index (χ1v) is 28.0. The van der Waals surface area contributed by atoms with Gasteiger partial charge in [0.1, 0.15) is 19.3 Å². The predicted molar refractivity (Wildman–Crippen MR) is 272 cm³/mol. The fraction of sp³-hybridized carbons (Fsp3) is 0.815. The van der Waals surface area contributed by atoms with E-state index >= 15 is 0 Å². The van der Waals surface area contributed by atoms with E-state index in [1.54, 1.807) is 0 Å². The van der Waals surface area contributed by atoms with Crippen molar-refractivity contribution < 1.29 is 37.3 Å². The molecule has 0 aliphatic rings. The van der Waals surface area contributed by atoms with E-state index in [4.69, 9.17) is 13.8 Å². The Balaban J connectivity index is 5.45. The highest BCUT2D eigenvalue weighted by Crippen LogP contribution is 2.43. The van der Waals surface area contributed by atoms with Crippen molar-refractivity contribution in [2.75, 3.05) is 40.9 Å². The lowest BCUT2D eigenvalue weighted by molar-refractivity contribution is -0.870. The van der Waals surface area contributed by atoms with Crippen LogP contribution in [0.1, 0.15) is 233 Å². The second-order valence-electron chi connectivity index (χ2n) is 19.1. The second kappa shape index (κ2) is 44.8. The minimum atomic E-state index is -4.44. The SMILES string of the molecule is CC/C=C/C=C/C=C\CCCCCCCC(=O)NC(COP(=O)(O)OCC[N+](C)(C)C)C(/C=C/CCCCCCCCCCCC)OC(=O)CCCCCCCCCCCCCCC. The highest BCUT2D eigenvalue weighted by molar-refractivity contribution is 7.47. The van der Waals surface area contributed by atoms with Gasteiger partial charge in [-0.2, -0.15) is 0 Å². The molecule has 0 aromatic rings. The number of carbonyl (C=O) groups excluding carboxylic acids is 2. The van der Waals surface area contributed by atoms with Gasteiger partial charge in [-0.3, -0.25) is 18.6 Å². The van der Waals surface area contributed by atoms with Crippen LogP contribution < -0.4 is 5.32 Å². The number of hydrogen-bond acceptors (Lipinski definition) is 6. The van der Waals surface area contributed by atoms with Crippen LogP contribution in [-0.2, 0) is 27.9 Å². The zero-order valence-corrected chi connectivity index (χ0v) is 43.4. The van der Waals surface area contributed by atoms with E-state index in [-0.39, 0.29) is 31.5 Å². The first-order valence-electron chi connectivity index (χ1n) is 26.5. The number of phosphoric ester groups is 1. The molecule has 0 bridgehead atoms. The number of carbonyl (C=O) groups is 2. The van der Waals surface area contributed by atoms with Crippen LogP contribution in [0.25, 0.3) is 0 Å². The predicted octanol–water partition coefficient (Wildman–Crippen LogP) is 15.4. The number of phosphoric acid groups is 1. The molecule has 1 amide bonds. The zero-order chi connectivity index (χ0) is 47.3. The summed E-state index contributed by atoms with van der Waals surface area (Å²) < 4.78 is 30.5. The van der Waals surface area contributed by atoms with Crippen molar-refractivity contribution in [3.63, 3.8) is 0 Å². The number of ether oxygens (including phenoxy) is 1. The molecule has 0 saturated heterocycles. The summed E-state index contributed by atoms with van der Waals surface area (Å²) in [5.41, 5.74) is 0. The Morgan fingerprint density at radius 1 is 0.562 bits per heavy atom. The van der Waals surface area contributed by atoms with Gasteiger partial charge < -0.3 is 19.4 Å². The van der Waals surface area contributed by atoms with Gasteiger partial charge in [0.25, 0.3) is 0 Å². The minimum absolute atomic E-state index is 0.0363. The van der Waals surface area contributed by atoms with Crippen LogP contribution in [0.4, 0.5) is 0 Å². The minimum Gasteiger partial charge on any atom is -0.456 e. The van der Waals surface area contributed by atoms with Gasteiger partial charge in [0.05, 0.1) is 33.8 Å². The maximum atomic E-state index is 13.4. The Labute approximate surface area is 395 Å². The Hall–Kier alpha value is -2.03. The van der Waals surface area contributed by atoms with Gasteiger partial charge in [-0.15, -0.1) is 0 Å². The van der Waals surface area contributed by atoms with E-state index in [1.165, 1.54) is 116 Å². The monoisotopic (exact) mass is 922 g/mol. The highest BCUT2D eigenvalue weighted by atomic mass is 31.2. The molecule has 0 heterocycles. The Bertz CT molecular complexity index is 1240. The summed E-state index contributed by atoms with van der Waals surface area (Å²) in [6.07, 6.45) is 52.4. The van der Waals surface area contributed by atoms with Crippen molar-refractivity contribution in [2.24, 2.45) is 0 Å². The molecule has 374 valence electrons. The molecule has 0 spiro atoms. The normalized spacial score (nSPS) is 14.3. The van der Waals surface area contributed by atoms with Crippen LogP contribution in [0.3, 0.4) is 0 Å². The van der Waals surface area contributed by atoms with Gasteiger partial charge in [0.15, 0.2) is 0 Å². The highest BCUT2D eigenvalue weighted by Gasteiger charge is 2.30. The zero-order valence-electron chi connectivity index (χ0n) is 42.5. The number of allylic oxidation sites excluding steroid dienone is 7. The average Bonchev–Trinajstić information content (AvgIpc) is 3.25. The molecule has 0 aliphatic heterocycles. The fourth-order valence-electron chi connectivity index (χ4n) is 7.47. The largest absolute Gasteiger partial charge is 0.472 e. The third-order valence-corrected chi connectivity index (χ3v) is 12.6. The van der Waals surface area contributed by atoms with Gasteiger partial charge in [-0.1, -0.05) is 217 Å². The molecule has 0 aromatic carbocycles. The topological polar surface area (TPSA) is 111 Å². The third-order valence-electron chi connectivity index (χ3n) is 11.6. The van der Waals surface area contributed by atoms with Crippen molar-refractivity contribution in [3.05, 3.63) is 48.6 Å². The van der Waals surface area contributed by atoms with E-state index in [9.17, 15) is 19.0 Å². The summed E-state index contributed by atoms with van der Waals surface area (Å²) in [5.74, 6) is -0.527. The Kier molecular flexibility index (Phi) is 43.4. The molecule has 64 heavy (non-hydrogen) atoms. The van der Waals surface area contributed by atoms with Crippen LogP contribution in [-0.4, -0.2) is 74.3 Å². The van der Waals surface area contributed by atoms with Crippen molar-refractivity contribution in [2.45, 2.75) is 245 Å². The number of hydrogen-bond donors (Lipinski definition) is 2. The average molecular weight is 922 g/mol. The molecule has 0 aromatic heterocycles. The molecule has 3 unspecified atom stereocenters. The molecule has 10 heteroatoms. The van der Waals surface area contributed by atoms with Crippen molar-refractivity contribution in [1.29, 1.82) is 0 Å². The van der Waals surface area contributed by atoms with Gasteiger partial charge >= 0.3 is 13.8 Å². The number of rotatable bonds is 47. The number of nitrogens with zero attached hydrogens (tertiary/aromatic N) is 1. The summed E-state index contributed by atoms with van der Waals surface area (Å²) in [6.45, 7) is 6.85. The van der Waals surface area contributed by atoms with E-state index in [2.05, 4.69) is 62.5 Å². The third kappa shape index (κ3) is 45.1. The molecular formula is C54H102N2O7P+. The lowest BCUT2D eigenvalue weighted by Crippen LogP contribution is -2.47. The van der Waals surface area contributed by atoms with E-state index in [1.807, 2.05) is 33.3 Å². The van der Waals surface area contributed by atoms with Gasteiger partial charge in [-0.05, 0) is 51.0 Å². The Morgan fingerprint density at radius 3 is 1.48 bits per heavy atom.